The van der Waals surface area contributed by atoms with Crippen LogP contribution >= 0.6 is 0 Å². The van der Waals surface area contributed by atoms with Gasteiger partial charge in [-0.15, -0.1) is 0 Å². The van der Waals surface area contributed by atoms with Crippen molar-refractivity contribution in [2.24, 2.45) is 5.14 Å². The highest BCUT2D eigenvalue weighted by molar-refractivity contribution is 7.89. The third-order valence-electron chi connectivity index (χ3n) is 2.62. The number of carbonyl (C=O) groups is 1. The summed E-state index contributed by atoms with van der Waals surface area (Å²) >= 11 is 0. The predicted octanol–water partition coefficient (Wildman–Crippen LogP) is 1.39. The molecule has 0 spiro atoms. The molecule has 0 aromatic heterocycles. The first kappa shape index (κ1) is 15.5. The van der Waals surface area contributed by atoms with E-state index >= 15 is 0 Å². The van der Waals surface area contributed by atoms with Crippen molar-refractivity contribution in [1.29, 1.82) is 0 Å². The Morgan fingerprint density at radius 3 is 2.63 bits per heavy atom. The summed E-state index contributed by atoms with van der Waals surface area (Å²) in [6.45, 7) is 1.86. The molecule has 1 aromatic carbocycles. The predicted molar refractivity (Wildman–Crippen MR) is 72.4 cm³/mol. The molecule has 4 N–H and O–H groups in total. The normalized spacial score (nSPS) is 12.9. The van der Waals surface area contributed by atoms with Crippen LogP contribution in [0.5, 0.6) is 0 Å². The molecule has 1 rings (SSSR count). The minimum absolute atomic E-state index is 0.0396. The van der Waals surface area contributed by atoms with E-state index in [1.54, 1.807) is 18.2 Å². The zero-order valence-corrected chi connectivity index (χ0v) is 11.5. The minimum Gasteiger partial charge on any atom is -0.481 e. The molecule has 0 aliphatic rings. The van der Waals surface area contributed by atoms with Gasteiger partial charge in [-0.1, -0.05) is 12.1 Å². The Bertz CT molecular complexity index is 542. The van der Waals surface area contributed by atoms with Crippen molar-refractivity contribution in [3.05, 3.63) is 24.3 Å². The summed E-state index contributed by atoms with van der Waals surface area (Å²) < 4.78 is 22.8. The van der Waals surface area contributed by atoms with Gasteiger partial charge in [0.15, 0.2) is 0 Å². The summed E-state index contributed by atoms with van der Waals surface area (Å²) in [5, 5.41) is 16.7. The van der Waals surface area contributed by atoms with Crippen LogP contribution in [0.1, 0.15) is 26.2 Å². The Morgan fingerprint density at radius 2 is 2.05 bits per heavy atom. The standard InChI is InChI=1S/C12H18N2O4S/c1-9(5-4-8-12(15)16)14-10-6-2-3-7-11(10)19(13,17)18/h2-3,6-7,9,14H,4-5,8H2,1H3,(H,15,16)(H2,13,17,18). The number of anilines is 1. The minimum atomic E-state index is -3.77. The molecule has 0 radical (unpaired) electrons. The number of benzene rings is 1. The summed E-state index contributed by atoms with van der Waals surface area (Å²) in [6, 6.07) is 6.33. The van der Waals surface area contributed by atoms with Gasteiger partial charge in [-0.2, -0.15) is 0 Å². The average molecular weight is 286 g/mol. The topological polar surface area (TPSA) is 109 Å². The third kappa shape index (κ3) is 5.27. The van der Waals surface area contributed by atoms with E-state index in [1.165, 1.54) is 6.07 Å². The van der Waals surface area contributed by atoms with E-state index in [1.807, 2.05) is 6.92 Å². The zero-order valence-electron chi connectivity index (χ0n) is 10.7. The number of para-hydroxylation sites is 1. The van der Waals surface area contributed by atoms with E-state index in [4.69, 9.17) is 10.2 Å². The van der Waals surface area contributed by atoms with E-state index in [0.717, 1.165) is 0 Å². The van der Waals surface area contributed by atoms with Gasteiger partial charge in [0.25, 0.3) is 0 Å². The van der Waals surface area contributed by atoms with Gasteiger partial charge in [-0.05, 0) is 31.9 Å². The number of carboxylic acid groups (broad SMARTS) is 1. The number of hydrogen-bond donors (Lipinski definition) is 3. The number of rotatable bonds is 7. The van der Waals surface area contributed by atoms with Crippen LogP contribution in [0.4, 0.5) is 5.69 Å². The number of aliphatic carboxylic acids is 1. The van der Waals surface area contributed by atoms with E-state index in [0.29, 0.717) is 18.5 Å². The number of primary sulfonamides is 1. The van der Waals surface area contributed by atoms with Crippen LogP contribution in [0.2, 0.25) is 0 Å². The Kier molecular flexibility index (Phi) is 5.31. The van der Waals surface area contributed by atoms with Crippen LogP contribution in [-0.2, 0) is 14.8 Å². The highest BCUT2D eigenvalue weighted by atomic mass is 32.2. The quantitative estimate of drug-likeness (QED) is 0.701. The van der Waals surface area contributed by atoms with Gasteiger partial charge in [0, 0.05) is 12.5 Å². The second kappa shape index (κ2) is 6.53. The summed E-state index contributed by atoms with van der Waals surface area (Å²) in [5.74, 6) is -0.836. The van der Waals surface area contributed by atoms with E-state index in [9.17, 15) is 13.2 Å². The second-order valence-corrected chi connectivity index (χ2v) is 5.90. The van der Waals surface area contributed by atoms with Gasteiger partial charge in [0.05, 0.1) is 5.69 Å². The lowest BCUT2D eigenvalue weighted by atomic mass is 10.1. The van der Waals surface area contributed by atoms with Crippen molar-refractivity contribution in [2.45, 2.75) is 37.1 Å². The summed E-state index contributed by atoms with van der Waals surface area (Å²) in [5.41, 5.74) is 0.438. The highest BCUT2D eigenvalue weighted by Gasteiger charge is 2.14. The van der Waals surface area contributed by atoms with Gasteiger partial charge in [-0.3, -0.25) is 4.79 Å². The maximum Gasteiger partial charge on any atom is 0.303 e. The molecule has 0 aliphatic heterocycles. The lowest BCUT2D eigenvalue weighted by Gasteiger charge is -2.16. The summed E-state index contributed by atoms with van der Waals surface area (Å²) in [4.78, 5) is 10.5. The molecule has 7 heteroatoms. The molecule has 0 fully saturated rings. The SMILES string of the molecule is CC(CCCC(=O)O)Nc1ccccc1S(N)(=O)=O. The molecule has 0 saturated heterocycles. The number of nitrogens with one attached hydrogen (secondary N) is 1. The van der Waals surface area contributed by atoms with Crippen LogP contribution in [-0.4, -0.2) is 25.5 Å². The Morgan fingerprint density at radius 1 is 1.42 bits per heavy atom. The number of carboxylic acids is 1. The van der Waals surface area contributed by atoms with Crippen LogP contribution in [0.3, 0.4) is 0 Å². The van der Waals surface area contributed by atoms with Gasteiger partial charge in [-0.25, -0.2) is 13.6 Å². The first-order chi connectivity index (χ1) is 8.80. The molecule has 0 saturated carbocycles. The molecular formula is C12H18N2O4S. The molecule has 6 nitrogen and oxygen atoms in total. The van der Waals surface area contributed by atoms with E-state index < -0.39 is 16.0 Å². The molecule has 0 heterocycles. The molecular weight excluding hydrogens is 268 g/mol. The van der Waals surface area contributed by atoms with Crippen molar-refractivity contribution in [1.82, 2.24) is 0 Å². The largest absolute Gasteiger partial charge is 0.481 e. The lowest BCUT2D eigenvalue weighted by Crippen LogP contribution is -2.20. The average Bonchev–Trinajstić information content (AvgIpc) is 2.27. The summed E-state index contributed by atoms with van der Waals surface area (Å²) in [6.07, 6.45) is 1.26. The fourth-order valence-electron chi connectivity index (χ4n) is 1.73. The van der Waals surface area contributed by atoms with E-state index in [2.05, 4.69) is 5.32 Å². The second-order valence-electron chi connectivity index (χ2n) is 4.37. The number of sulfonamides is 1. The van der Waals surface area contributed by atoms with Crippen molar-refractivity contribution >= 4 is 21.7 Å². The first-order valence-electron chi connectivity index (χ1n) is 5.91. The highest BCUT2D eigenvalue weighted by Crippen LogP contribution is 2.21. The Labute approximate surface area is 112 Å². The van der Waals surface area contributed by atoms with Gasteiger partial charge in [0.1, 0.15) is 4.90 Å². The third-order valence-corrected chi connectivity index (χ3v) is 3.59. The van der Waals surface area contributed by atoms with Gasteiger partial charge < -0.3 is 10.4 Å². The molecule has 0 amide bonds. The van der Waals surface area contributed by atoms with Crippen LogP contribution in [0.25, 0.3) is 0 Å². The van der Waals surface area contributed by atoms with Crippen LogP contribution in [0, 0.1) is 0 Å². The lowest BCUT2D eigenvalue weighted by molar-refractivity contribution is -0.137. The van der Waals surface area contributed by atoms with Crippen molar-refractivity contribution in [3.8, 4) is 0 Å². The Balaban J connectivity index is 2.69. The molecule has 1 unspecified atom stereocenters. The fourth-order valence-corrected chi connectivity index (χ4v) is 2.43. The molecule has 0 aliphatic carbocycles. The van der Waals surface area contributed by atoms with Crippen molar-refractivity contribution in [2.75, 3.05) is 5.32 Å². The maximum atomic E-state index is 11.4. The molecule has 106 valence electrons. The van der Waals surface area contributed by atoms with Crippen molar-refractivity contribution in [3.63, 3.8) is 0 Å². The summed E-state index contributed by atoms with van der Waals surface area (Å²) in [7, 11) is -3.77. The molecule has 0 bridgehead atoms. The molecule has 19 heavy (non-hydrogen) atoms. The van der Waals surface area contributed by atoms with Crippen LogP contribution in [0.15, 0.2) is 29.2 Å². The fraction of sp³-hybridized carbons (Fsp3) is 0.417. The maximum absolute atomic E-state index is 11.4. The molecule has 1 aromatic rings. The molecule has 1 atom stereocenters. The first-order valence-corrected chi connectivity index (χ1v) is 7.45. The number of nitrogens with two attached hydrogens (primary N) is 1. The van der Waals surface area contributed by atoms with E-state index in [-0.39, 0.29) is 17.4 Å². The van der Waals surface area contributed by atoms with Crippen LogP contribution < -0.4 is 10.5 Å². The smallest absolute Gasteiger partial charge is 0.303 e. The number of hydrogen-bond acceptors (Lipinski definition) is 4. The van der Waals surface area contributed by atoms with Gasteiger partial charge >= 0.3 is 5.97 Å². The monoisotopic (exact) mass is 286 g/mol. The van der Waals surface area contributed by atoms with Crippen molar-refractivity contribution < 1.29 is 18.3 Å². The Hall–Kier alpha value is -1.60. The van der Waals surface area contributed by atoms with Gasteiger partial charge in [0.2, 0.25) is 10.0 Å². The zero-order chi connectivity index (χ0) is 14.5.